The fourth-order valence-electron chi connectivity index (χ4n) is 2.43. The van der Waals surface area contributed by atoms with Gasteiger partial charge >= 0.3 is 0 Å². The maximum atomic E-state index is 12.1. The Morgan fingerprint density at radius 1 is 1.13 bits per heavy atom. The lowest BCUT2D eigenvalue weighted by Gasteiger charge is -2.08. The molecule has 1 N–H and O–H groups in total. The lowest BCUT2D eigenvalue weighted by molar-refractivity contribution is 0.0953. The maximum Gasteiger partial charge on any atom is 0.251 e. The van der Waals surface area contributed by atoms with Gasteiger partial charge in [0.05, 0.1) is 7.11 Å². The Morgan fingerprint density at radius 3 is 2.52 bits per heavy atom. The van der Waals surface area contributed by atoms with E-state index in [9.17, 15) is 4.79 Å². The van der Waals surface area contributed by atoms with E-state index < -0.39 is 0 Å². The van der Waals surface area contributed by atoms with Crippen LogP contribution in [-0.2, 0) is 6.42 Å². The number of hydrogen-bond donors (Lipinski definition) is 1. The molecule has 0 saturated heterocycles. The van der Waals surface area contributed by atoms with Crippen LogP contribution < -0.4 is 10.1 Å². The van der Waals surface area contributed by atoms with Gasteiger partial charge in [-0.25, -0.2) is 0 Å². The van der Waals surface area contributed by atoms with Crippen LogP contribution in [0.5, 0.6) is 5.75 Å². The van der Waals surface area contributed by atoms with Gasteiger partial charge < -0.3 is 10.1 Å². The number of benzene rings is 2. The van der Waals surface area contributed by atoms with Crippen molar-refractivity contribution in [2.75, 3.05) is 13.7 Å². The lowest BCUT2D eigenvalue weighted by Crippen LogP contribution is -2.24. The molecule has 2 rings (SSSR count). The van der Waals surface area contributed by atoms with Crippen molar-refractivity contribution in [3.8, 4) is 5.75 Å². The second-order valence-electron chi connectivity index (χ2n) is 5.99. The number of amides is 1. The molecule has 2 aromatic carbocycles. The molecule has 0 aliphatic carbocycles. The summed E-state index contributed by atoms with van der Waals surface area (Å²) in [6.45, 7) is 5.06. The fraction of sp³-hybridized carbons (Fsp3) is 0.350. The summed E-state index contributed by atoms with van der Waals surface area (Å²) in [6, 6.07) is 15.9. The van der Waals surface area contributed by atoms with E-state index in [-0.39, 0.29) is 5.91 Å². The quantitative estimate of drug-likeness (QED) is 0.779. The molecule has 0 aromatic heterocycles. The third-order valence-corrected chi connectivity index (χ3v) is 3.91. The molecule has 0 aliphatic heterocycles. The number of methoxy groups -OCH3 is 1. The van der Waals surface area contributed by atoms with Crippen molar-refractivity contribution in [3.05, 3.63) is 65.2 Å². The maximum absolute atomic E-state index is 12.1. The van der Waals surface area contributed by atoms with Gasteiger partial charge in [-0.1, -0.05) is 44.2 Å². The van der Waals surface area contributed by atoms with Crippen LogP contribution in [0.15, 0.2) is 48.5 Å². The highest BCUT2D eigenvalue weighted by Gasteiger charge is 2.06. The first-order valence-corrected chi connectivity index (χ1v) is 8.11. The molecule has 3 heteroatoms. The van der Waals surface area contributed by atoms with Gasteiger partial charge in [-0.2, -0.15) is 0 Å². The largest absolute Gasteiger partial charge is 0.497 e. The summed E-state index contributed by atoms with van der Waals surface area (Å²) >= 11 is 0. The summed E-state index contributed by atoms with van der Waals surface area (Å²) in [5.74, 6) is 1.20. The van der Waals surface area contributed by atoms with Gasteiger partial charge in [-0.05, 0) is 48.1 Å². The number of carbonyl (C=O) groups excluding carboxylic acids is 1. The molecule has 0 saturated carbocycles. The smallest absolute Gasteiger partial charge is 0.251 e. The topological polar surface area (TPSA) is 38.3 Å². The van der Waals surface area contributed by atoms with E-state index >= 15 is 0 Å². The molecule has 122 valence electrons. The Kier molecular flexibility index (Phi) is 6.21. The second kappa shape index (κ2) is 8.37. The molecule has 0 unspecified atom stereocenters. The molecule has 2 aromatic rings. The minimum Gasteiger partial charge on any atom is -0.497 e. The summed E-state index contributed by atoms with van der Waals surface area (Å²) in [7, 11) is 1.60. The summed E-state index contributed by atoms with van der Waals surface area (Å²) in [6.07, 6.45) is 1.90. The monoisotopic (exact) mass is 311 g/mol. The minimum atomic E-state index is -0.0564. The van der Waals surface area contributed by atoms with E-state index in [1.54, 1.807) is 19.2 Å². The van der Waals surface area contributed by atoms with Crippen LogP contribution in [0.3, 0.4) is 0 Å². The molecular formula is C20H25NO2. The van der Waals surface area contributed by atoms with Crippen LogP contribution in [0.2, 0.25) is 0 Å². The van der Waals surface area contributed by atoms with Gasteiger partial charge in [-0.15, -0.1) is 0 Å². The van der Waals surface area contributed by atoms with Gasteiger partial charge in [0.2, 0.25) is 0 Å². The third kappa shape index (κ3) is 5.13. The Bertz CT molecular complexity index is 632. The van der Waals surface area contributed by atoms with Crippen LogP contribution in [0.25, 0.3) is 0 Å². The van der Waals surface area contributed by atoms with Gasteiger partial charge in [-0.3, -0.25) is 4.79 Å². The Balaban J connectivity index is 1.77. The van der Waals surface area contributed by atoms with Crippen molar-refractivity contribution >= 4 is 5.91 Å². The lowest BCUT2D eigenvalue weighted by atomic mass is 10.0. The van der Waals surface area contributed by atoms with Gasteiger partial charge in [0, 0.05) is 12.1 Å². The molecule has 0 fully saturated rings. The molecular weight excluding hydrogens is 286 g/mol. The molecule has 3 nitrogen and oxygen atoms in total. The molecule has 0 bridgehead atoms. The first-order chi connectivity index (χ1) is 11.1. The summed E-state index contributed by atoms with van der Waals surface area (Å²) in [5, 5.41) is 2.96. The number of hydrogen-bond acceptors (Lipinski definition) is 2. The van der Waals surface area contributed by atoms with Crippen LogP contribution in [0.1, 0.15) is 47.7 Å². The molecule has 0 atom stereocenters. The summed E-state index contributed by atoms with van der Waals surface area (Å²) in [4.78, 5) is 12.1. The second-order valence-corrected chi connectivity index (χ2v) is 5.99. The van der Waals surface area contributed by atoms with Crippen molar-refractivity contribution in [1.82, 2.24) is 5.32 Å². The van der Waals surface area contributed by atoms with E-state index in [0.717, 1.165) is 12.8 Å². The van der Waals surface area contributed by atoms with Crippen molar-refractivity contribution in [3.63, 3.8) is 0 Å². The van der Waals surface area contributed by atoms with Crippen LogP contribution in [-0.4, -0.2) is 19.6 Å². The molecule has 0 aliphatic rings. The third-order valence-electron chi connectivity index (χ3n) is 3.91. The molecule has 23 heavy (non-hydrogen) atoms. The number of aryl methyl sites for hydroxylation is 1. The summed E-state index contributed by atoms with van der Waals surface area (Å²) in [5.41, 5.74) is 3.30. The fourth-order valence-corrected chi connectivity index (χ4v) is 2.43. The number of rotatable bonds is 7. The highest BCUT2D eigenvalue weighted by Crippen LogP contribution is 2.15. The van der Waals surface area contributed by atoms with Crippen LogP contribution in [0, 0.1) is 0 Å². The van der Waals surface area contributed by atoms with E-state index in [4.69, 9.17) is 4.74 Å². The van der Waals surface area contributed by atoms with E-state index in [1.807, 2.05) is 12.1 Å². The molecule has 1 amide bonds. The Labute approximate surface area is 138 Å². The predicted octanol–water partition coefficient (Wildman–Crippen LogP) is 4.18. The SMILES string of the molecule is COc1cccc(C(=O)NCCCc2ccc(C(C)C)cc2)c1. The number of nitrogens with one attached hydrogen (secondary N) is 1. The van der Waals surface area contributed by atoms with Gasteiger partial charge in [0.25, 0.3) is 5.91 Å². The molecule has 0 spiro atoms. The standard InChI is InChI=1S/C20H25NO2/c1-15(2)17-11-9-16(10-12-17)6-5-13-21-20(22)18-7-4-8-19(14-18)23-3/h4,7-12,14-15H,5-6,13H2,1-3H3,(H,21,22). The molecule has 0 radical (unpaired) electrons. The zero-order valence-electron chi connectivity index (χ0n) is 14.1. The summed E-state index contributed by atoms with van der Waals surface area (Å²) < 4.78 is 5.13. The van der Waals surface area contributed by atoms with Crippen molar-refractivity contribution in [2.45, 2.75) is 32.6 Å². The number of ether oxygens (including phenoxy) is 1. The zero-order chi connectivity index (χ0) is 16.7. The predicted molar refractivity (Wildman–Crippen MR) is 94.2 cm³/mol. The van der Waals surface area contributed by atoms with Gasteiger partial charge in [0.1, 0.15) is 5.75 Å². The highest BCUT2D eigenvalue weighted by molar-refractivity contribution is 5.94. The average Bonchev–Trinajstić information content (AvgIpc) is 2.59. The van der Waals surface area contributed by atoms with Crippen LogP contribution in [0.4, 0.5) is 0 Å². The number of carbonyl (C=O) groups is 1. The molecule has 0 heterocycles. The normalized spacial score (nSPS) is 10.6. The zero-order valence-corrected chi connectivity index (χ0v) is 14.1. The highest BCUT2D eigenvalue weighted by atomic mass is 16.5. The Morgan fingerprint density at radius 2 is 1.87 bits per heavy atom. The van der Waals surface area contributed by atoms with E-state index in [2.05, 4.69) is 43.4 Å². The van der Waals surface area contributed by atoms with Crippen molar-refractivity contribution < 1.29 is 9.53 Å². The first-order valence-electron chi connectivity index (χ1n) is 8.11. The van der Waals surface area contributed by atoms with Crippen LogP contribution >= 0.6 is 0 Å². The van der Waals surface area contributed by atoms with Crippen molar-refractivity contribution in [2.24, 2.45) is 0 Å². The van der Waals surface area contributed by atoms with Crippen molar-refractivity contribution in [1.29, 1.82) is 0 Å². The average molecular weight is 311 g/mol. The van der Waals surface area contributed by atoms with Gasteiger partial charge in [0.15, 0.2) is 0 Å². The van der Waals surface area contributed by atoms with E-state index in [1.165, 1.54) is 11.1 Å². The van der Waals surface area contributed by atoms with E-state index in [0.29, 0.717) is 23.8 Å². The first kappa shape index (κ1) is 17.1. The minimum absolute atomic E-state index is 0.0564. The Hall–Kier alpha value is -2.29.